The molecule has 1 aliphatic heterocycles. The number of nitrogens with zero attached hydrogens (tertiary/aromatic N) is 3. The van der Waals surface area contributed by atoms with Crippen molar-refractivity contribution in [3.05, 3.63) is 165 Å². The van der Waals surface area contributed by atoms with Crippen molar-refractivity contribution in [3.8, 4) is 5.75 Å². The first-order valence-corrected chi connectivity index (χ1v) is 16.3. The van der Waals surface area contributed by atoms with Gasteiger partial charge in [0.05, 0.1) is 26.8 Å². The highest BCUT2D eigenvalue weighted by molar-refractivity contribution is 7.10. The number of carbonyl (C=O) groups is 1. The van der Waals surface area contributed by atoms with E-state index >= 15 is 0 Å². The average molecular weight is 642 g/mol. The van der Waals surface area contributed by atoms with Gasteiger partial charge in [-0.25, -0.2) is 9.79 Å². The lowest BCUT2D eigenvalue weighted by molar-refractivity contribution is -0.384. The number of thiazole rings is 1. The molecule has 2 aromatic heterocycles. The lowest BCUT2D eigenvalue weighted by atomic mass is 9.85. The van der Waals surface area contributed by atoms with Gasteiger partial charge in [0.15, 0.2) is 4.80 Å². The number of allylic oxidation sites excluding steroid dienone is 1. The van der Waals surface area contributed by atoms with Crippen molar-refractivity contribution in [3.63, 3.8) is 0 Å². The van der Waals surface area contributed by atoms with E-state index in [1.54, 1.807) is 23.5 Å². The number of esters is 1. The maximum Gasteiger partial charge on any atom is 0.343 e. The standard InChI is InChI=1S/C36H23N3O5S2/c40-34-31(46-36-37-32-26-9-4-2-7-22(26)13-17-27(32)33(38(34)36)30-10-5-19-45-30)20-28-25-8-3-1-6-21(25)14-18-29(28)44-35(41)23-11-15-24(16-12-23)39(42)43/h1-12,14-16,18-20,33H,13,17H2/b31-20+/t33-/m1/s1. The molecule has 8 nitrogen and oxygen atoms in total. The molecule has 0 saturated heterocycles. The zero-order chi connectivity index (χ0) is 31.4. The molecule has 0 fully saturated rings. The molecule has 2 aliphatic rings. The Morgan fingerprint density at radius 3 is 2.57 bits per heavy atom. The van der Waals surface area contributed by atoms with Gasteiger partial charge in [-0.15, -0.1) is 11.3 Å². The predicted octanol–water partition coefficient (Wildman–Crippen LogP) is 6.66. The Labute approximate surface area is 269 Å². The summed E-state index contributed by atoms with van der Waals surface area (Å²) in [6, 6.07) is 28.7. The largest absolute Gasteiger partial charge is 0.422 e. The summed E-state index contributed by atoms with van der Waals surface area (Å²) in [6.07, 6.45) is 3.48. The SMILES string of the molecule is O=C(Oc1ccc2ccccc2c1/C=c1/sc2n(c1=O)[C@@H](c1cccs1)C1=C(N=2)c2ccccc2CC1)c1ccc([N+](=O)[O-])cc1. The molecule has 3 heterocycles. The molecule has 0 saturated carbocycles. The van der Waals surface area contributed by atoms with Crippen LogP contribution in [0.1, 0.15) is 44.4 Å². The van der Waals surface area contributed by atoms with Crippen molar-refractivity contribution in [2.24, 2.45) is 4.99 Å². The maximum absolute atomic E-state index is 14.3. The summed E-state index contributed by atoms with van der Waals surface area (Å²) in [4.78, 5) is 44.9. The number of fused-ring (bicyclic) bond motifs is 4. The van der Waals surface area contributed by atoms with Gasteiger partial charge < -0.3 is 4.74 Å². The van der Waals surface area contributed by atoms with Crippen molar-refractivity contribution in [2.75, 3.05) is 0 Å². The lowest BCUT2D eigenvalue weighted by Gasteiger charge is -2.30. The molecule has 0 bridgehead atoms. The van der Waals surface area contributed by atoms with E-state index in [2.05, 4.69) is 18.2 Å². The number of non-ortho nitro benzene ring substituents is 1. The first kappa shape index (κ1) is 28.1. The van der Waals surface area contributed by atoms with Gasteiger partial charge in [0.25, 0.3) is 11.2 Å². The molecule has 1 atom stereocenters. The quantitative estimate of drug-likeness (QED) is 0.0907. The Bertz CT molecular complexity index is 2420. The Morgan fingerprint density at radius 1 is 0.957 bits per heavy atom. The summed E-state index contributed by atoms with van der Waals surface area (Å²) in [7, 11) is 0. The molecule has 0 radical (unpaired) electrons. The van der Waals surface area contributed by atoms with Crippen LogP contribution in [0.15, 0.2) is 118 Å². The molecule has 0 N–H and O–H groups in total. The minimum atomic E-state index is -0.662. The number of ether oxygens (including phenoxy) is 1. The number of carbonyl (C=O) groups excluding carboxylic acids is 1. The second kappa shape index (κ2) is 11.2. The van der Waals surface area contributed by atoms with E-state index in [0.29, 0.717) is 14.9 Å². The lowest BCUT2D eigenvalue weighted by Crippen LogP contribution is -2.38. The first-order chi connectivity index (χ1) is 22.5. The smallest absolute Gasteiger partial charge is 0.343 e. The van der Waals surface area contributed by atoms with E-state index in [0.717, 1.165) is 45.3 Å². The van der Waals surface area contributed by atoms with Crippen molar-refractivity contribution >= 4 is 56.9 Å². The molecule has 0 unspecified atom stereocenters. The Morgan fingerprint density at radius 2 is 1.76 bits per heavy atom. The van der Waals surface area contributed by atoms with Crippen LogP contribution in [-0.2, 0) is 6.42 Å². The second-order valence-electron chi connectivity index (χ2n) is 11.0. The van der Waals surface area contributed by atoms with E-state index in [1.807, 2.05) is 58.5 Å². The average Bonchev–Trinajstić information content (AvgIpc) is 3.73. The summed E-state index contributed by atoms with van der Waals surface area (Å²) in [5, 5.41) is 14.8. The minimum Gasteiger partial charge on any atom is -0.422 e. The van der Waals surface area contributed by atoms with Gasteiger partial charge in [-0.2, -0.15) is 0 Å². The van der Waals surface area contributed by atoms with Crippen molar-refractivity contribution in [1.82, 2.24) is 4.57 Å². The first-order valence-electron chi connectivity index (χ1n) is 14.6. The number of hydrogen-bond acceptors (Lipinski definition) is 8. The fourth-order valence-electron chi connectivity index (χ4n) is 6.24. The van der Waals surface area contributed by atoms with E-state index in [1.165, 1.54) is 41.2 Å². The van der Waals surface area contributed by atoms with Crippen molar-refractivity contribution in [2.45, 2.75) is 18.9 Å². The molecule has 224 valence electrons. The van der Waals surface area contributed by atoms with Crippen LogP contribution in [0.25, 0.3) is 22.5 Å². The van der Waals surface area contributed by atoms with Gasteiger partial charge in [-0.3, -0.25) is 19.5 Å². The number of nitro groups is 1. The van der Waals surface area contributed by atoms with E-state index < -0.39 is 10.9 Å². The zero-order valence-electron chi connectivity index (χ0n) is 24.1. The summed E-state index contributed by atoms with van der Waals surface area (Å²) < 4.78 is 8.15. The highest BCUT2D eigenvalue weighted by atomic mass is 32.1. The van der Waals surface area contributed by atoms with Crippen LogP contribution in [0, 0.1) is 10.1 Å². The summed E-state index contributed by atoms with van der Waals surface area (Å²) in [6.45, 7) is 0. The number of nitro benzene ring substituents is 1. The fraction of sp³-hybridized carbons (Fsp3) is 0.0833. The van der Waals surface area contributed by atoms with Gasteiger partial charge in [0.1, 0.15) is 5.75 Å². The van der Waals surface area contributed by atoms with Crippen LogP contribution in [0.2, 0.25) is 0 Å². The molecular formula is C36H23N3O5S2. The van der Waals surface area contributed by atoms with Gasteiger partial charge in [0.2, 0.25) is 0 Å². The topological polar surface area (TPSA) is 104 Å². The number of benzene rings is 4. The maximum atomic E-state index is 14.3. The highest BCUT2D eigenvalue weighted by Gasteiger charge is 2.33. The van der Waals surface area contributed by atoms with E-state index in [4.69, 9.17) is 9.73 Å². The van der Waals surface area contributed by atoms with Gasteiger partial charge in [-0.05, 0) is 70.5 Å². The zero-order valence-corrected chi connectivity index (χ0v) is 25.7. The van der Waals surface area contributed by atoms with Gasteiger partial charge in [-0.1, -0.05) is 72.0 Å². The fourth-order valence-corrected chi connectivity index (χ4v) is 8.07. The summed E-state index contributed by atoms with van der Waals surface area (Å²) in [5.41, 5.74) is 4.92. The predicted molar refractivity (Wildman–Crippen MR) is 179 cm³/mol. The molecule has 6 aromatic rings. The molecule has 0 amide bonds. The number of thiophene rings is 1. The van der Waals surface area contributed by atoms with Crippen LogP contribution >= 0.6 is 22.7 Å². The van der Waals surface area contributed by atoms with Crippen LogP contribution in [0.4, 0.5) is 5.69 Å². The number of aromatic nitrogens is 1. The second-order valence-corrected chi connectivity index (χ2v) is 13.0. The molecule has 0 spiro atoms. The van der Waals surface area contributed by atoms with Crippen molar-refractivity contribution < 1.29 is 14.5 Å². The highest BCUT2D eigenvalue weighted by Crippen LogP contribution is 2.42. The third-order valence-electron chi connectivity index (χ3n) is 8.41. The molecule has 46 heavy (non-hydrogen) atoms. The number of hydrogen-bond donors (Lipinski definition) is 0. The van der Waals surface area contributed by atoms with Crippen LogP contribution < -0.4 is 19.6 Å². The molecule has 10 heteroatoms. The normalized spacial score (nSPS) is 15.6. The van der Waals surface area contributed by atoms with Crippen molar-refractivity contribution in [1.29, 1.82) is 0 Å². The van der Waals surface area contributed by atoms with Gasteiger partial charge in [0, 0.05) is 28.1 Å². The third-order valence-corrected chi connectivity index (χ3v) is 10.3. The Kier molecular flexibility index (Phi) is 6.81. The Hall–Kier alpha value is -5.45. The Balaban J connectivity index is 1.29. The minimum absolute atomic E-state index is 0.121. The van der Waals surface area contributed by atoms with Crippen LogP contribution in [0.3, 0.4) is 0 Å². The summed E-state index contributed by atoms with van der Waals surface area (Å²) in [5.74, 6) is -0.388. The molecular weight excluding hydrogens is 619 g/mol. The van der Waals surface area contributed by atoms with Crippen LogP contribution in [-0.4, -0.2) is 15.5 Å². The molecule has 4 aromatic carbocycles. The number of aryl methyl sites for hydroxylation is 1. The molecule has 8 rings (SSSR count). The monoisotopic (exact) mass is 641 g/mol. The summed E-state index contributed by atoms with van der Waals surface area (Å²) >= 11 is 2.95. The van der Waals surface area contributed by atoms with Crippen LogP contribution in [0.5, 0.6) is 5.75 Å². The number of rotatable bonds is 5. The van der Waals surface area contributed by atoms with E-state index in [9.17, 15) is 19.7 Å². The van der Waals surface area contributed by atoms with E-state index in [-0.39, 0.29) is 28.6 Å². The molecule has 1 aliphatic carbocycles. The third kappa shape index (κ3) is 4.70. The van der Waals surface area contributed by atoms with Gasteiger partial charge >= 0.3 is 5.97 Å².